The molecule has 1 aromatic heterocycles. The molecule has 0 amide bonds. The first kappa shape index (κ1) is 16.8. The van der Waals surface area contributed by atoms with Crippen LogP contribution in [0.3, 0.4) is 0 Å². The molecular formula is C18H16F3N3O2. The predicted octanol–water partition coefficient (Wildman–Crippen LogP) is 3.69. The average molecular weight is 363 g/mol. The Morgan fingerprint density at radius 2 is 1.92 bits per heavy atom. The molecule has 0 bridgehead atoms. The third kappa shape index (κ3) is 3.01. The van der Waals surface area contributed by atoms with Crippen molar-refractivity contribution in [2.45, 2.75) is 18.9 Å². The number of hydrogen-bond acceptors (Lipinski definition) is 5. The number of nitrogens with zero attached hydrogens (tertiary/aromatic N) is 3. The number of anilines is 1. The number of fused-ring (bicyclic) bond motifs is 1. The molecule has 2 aliphatic rings. The van der Waals surface area contributed by atoms with Crippen LogP contribution in [0, 0.1) is 0 Å². The normalized spacial score (nSPS) is 17.7. The number of halogens is 3. The van der Waals surface area contributed by atoms with Crippen molar-refractivity contribution in [3.63, 3.8) is 0 Å². The minimum atomic E-state index is -4.72. The van der Waals surface area contributed by atoms with Crippen LogP contribution in [0.2, 0.25) is 0 Å². The van der Waals surface area contributed by atoms with Crippen LogP contribution in [0.1, 0.15) is 18.1 Å². The number of pyridine rings is 1. The summed E-state index contributed by atoms with van der Waals surface area (Å²) in [5, 5.41) is 0. The first-order valence-corrected chi connectivity index (χ1v) is 8.02. The molecule has 0 atom stereocenters. The number of aromatic nitrogens is 1. The molecule has 2 aromatic rings. The van der Waals surface area contributed by atoms with Gasteiger partial charge in [-0.1, -0.05) is 0 Å². The van der Waals surface area contributed by atoms with Gasteiger partial charge in [0.2, 0.25) is 0 Å². The van der Waals surface area contributed by atoms with Gasteiger partial charge in [-0.15, -0.1) is 13.2 Å². The SMILES string of the molecule is COC1(C)CN(c2cc(C3=Nc4ccc(OC(F)(F)F)cc43)ccn2)C1. The highest BCUT2D eigenvalue weighted by Gasteiger charge is 2.39. The maximum atomic E-state index is 12.4. The molecule has 1 fully saturated rings. The van der Waals surface area contributed by atoms with E-state index in [2.05, 4.69) is 19.6 Å². The summed E-state index contributed by atoms with van der Waals surface area (Å²) in [5.41, 5.74) is 2.53. The Hall–Kier alpha value is -2.61. The Labute approximate surface area is 148 Å². The Kier molecular flexibility index (Phi) is 3.69. The van der Waals surface area contributed by atoms with Crippen LogP contribution in [0.25, 0.3) is 0 Å². The van der Waals surface area contributed by atoms with Crippen LogP contribution >= 0.6 is 0 Å². The van der Waals surface area contributed by atoms with E-state index in [1.165, 1.54) is 18.2 Å². The molecule has 136 valence electrons. The van der Waals surface area contributed by atoms with Crippen LogP contribution in [0.15, 0.2) is 41.5 Å². The van der Waals surface area contributed by atoms with Gasteiger partial charge in [0.15, 0.2) is 0 Å². The van der Waals surface area contributed by atoms with E-state index in [0.717, 1.165) is 24.5 Å². The monoisotopic (exact) mass is 363 g/mol. The maximum absolute atomic E-state index is 12.4. The van der Waals surface area contributed by atoms with Crippen LogP contribution < -0.4 is 9.64 Å². The van der Waals surface area contributed by atoms with Gasteiger partial charge in [-0.05, 0) is 37.3 Å². The predicted molar refractivity (Wildman–Crippen MR) is 90.3 cm³/mol. The molecule has 0 unspecified atom stereocenters. The van der Waals surface area contributed by atoms with Crippen molar-refractivity contribution < 1.29 is 22.6 Å². The van der Waals surface area contributed by atoms with Gasteiger partial charge in [0.05, 0.1) is 17.0 Å². The van der Waals surface area contributed by atoms with Gasteiger partial charge in [-0.2, -0.15) is 0 Å². The summed E-state index contributed by atoms with van der Waals surface area (Å²) in [4.78, 5) is 10.8. The molecule has 8 heteroatoms. The lowest BCUT2D eigenvalue weighted by atomic mass is 9.94. The number of benzene rings is 1. The van der Waals surface area contributed by atoms with Gasteiger partial charge in [0, 0.05) is 37.5 Å². The van der Waals surface area contributed by atoms with Crippen LogP contribution in [-0.4, -0.2) is 42.9 Å². The van der Waals surface area contributed by atoms with E-state index in [9.17, 15) is 13.2 Å². The van der Waals surface area contributed by atoms with Crippen LogP contribution in [0.4, 0.5) is 24.7 Å². The lowest BCUT2D eigenvalue weighted by molar-refractivity contribution is -0.274. The topological polar surface area (TPSA) is 47.0 Å². The number of rotatable bonds is 4. The van der Waals surface area contributed by atoms with Crippen molar-refractivity contribution in [3.05, 3.63) is 47.7 Å². The number of hydrogen-bond donors (Lipinski definition) is 0. The lowest BCUT2D eigenvalue weighted by Crippen LogP contribution is -2.61. The first-order valence-electron chi connectivity index (χ1n) is 8.02. The fourth-order valence-corrected chi connectivity index (χ4v) is 3.14. The third-order valence-electron chi connectivity index (χ3n) is 4.58. The van der Waals surface area contributed by atoms with E-state index in [4.69, 9.17) is 4.74 Å². The summed E-state index contributed by atoms with van der Waals surface area (Å²) in [5.74, 6) is 0.535. The zero-order chi connectivity index (χ0) is 18.5. The van der Waals surface area contributed by atoms with Gasteiger partial charge in [-0.3, -0.25) is 0 Å². The third-order valence-corrected chi connectivity index (χ3v) is 4.58. The Balaban J connectivity index is 1.55. The molecule has 2 aliphatic heterocycles. The molecule has 5 nitrogen and oxygen atoms in total. The minimum Gasteiger partial charge on any atom is -0.406 e. The molecule has 3 heterocycles. The van der Waals surface area contributed by atoms with Crippen molar-refractivity contribution >= 4 is 17.2 Å². The summed E-state index contributed by atoms with van der Waals surface area (Å²) in [6, 6.07) is 7.81. The van der Waals surface area contributed by atoms with Crippen molar-refractivity contribution in [2.75, 3.05) is 25.1 Å². The second-order valence-electron chi connectivity index (χ2n) is 6.60. The van der Waals surface area contributed by atoms with Crippen molar-refractivity contribution in [3.8, 4) is 5.75 Å². The Bertz CT molecular complexity index is 889. The smallest absolute Gasteiger partial charge is 0.406 e. The second kappa shape index (κ2) is 5.70. The van der Waals surface area contributed by atoms with E-state index in [-0.39, 0.29) is 11.4 Å². The van der Waals surface area contributed by atoms with Crippen molar-refractivity contribution in [1.82, 2.24) is 4.98 Å². The standard InChI is InChI=1S/C18H16F3N3O2/c1-17(25-2)9-24(10-17)15-7-11(5-6-22-15)16-13-8-12(26-18(19,20)21)3-4-14(13)23-16/h3-8H,9-10H2,1-2H3. The summed E-state index contributed by atoms with van der Waals surface area (Å²) in [6.07, 6.45) is -3.05. The largest absolute Gasteiger partial charge is 0.573 e. The molecule has 26 heavy (non-hydrogen) atoms. The van der Waals surface area contributed by atoms with Gasteiger partial charge < -0.3 is 14.4 Å². The van der Waals surface area contributed by atoms with E-state index in [1.807, 2.05) is 13.0 Å². The molecular weight excluding hydrogens is 347 g/mol. The van der Waals surface area contributed by atoms with Gasteiger partial charge >= 0.3 is 6.36 Å². The lowest BCUT2D eigenvalue weighted by Gasteiger charge is -2.47. The fraction of sp³-hybridized carbons (Fsp3) is 0.333. The molecule has 0 radical (unpaired) electrons. The summed E-state index contributed by atoms with van der Waals surface area (Å²) in [7, 11) is 1.68. The number of alkyl halides is 3. The highest BCUT2D eigenvalue weighted by molar-refractivity contribution is 6.22. The van der Waals surface area contributed by atoms with E-state index in [0.29, 0.717) is 17.0 Å². The zero-order valence-electron chi connectivity index (χ0n) is 14.2. The van der Waals surface area contributed by atoms with Crippen LogP contribution in [-0.2, 0) is 4.74 Å². The summed E-state index contributed by atoms with van der Waals surface area (Å²) >= 11 is 0. The van der Waals surface area contributed by atoms with Gasteiger partial charge in [0.1, 0.15) is 11.6 Å². The Morgan fingerprint density at radius 3 is 2.62 bits per heavy atom. The van der Waals surface area contributed by atoms with Crippen molar-refractivity contribution in [1.29, 1.82) is 0 Å². The maximum Gasteiger partial charge on any atom is 0.573 e. The molecule has 1 aromatic carbocycles. The van der Waals surface area contributed by atoms with Gasteiger partial charge in [-0.25, -0.2) is 9.98 Å². The Morgan fingerprint density at radius 1 is 1.15 bits per heavy atom. The van der Waals surface area contributed by atoms with Crippen LogP contribution in [0.5, 0.6) is 5.75 Å². The van der Waals surface area contributed by atoms with Gasteiger partial charge in [0.25, 0.3) is 0 Å². The summed E-state index contributed by atoms with van der Waals surface area (Å²) in [6.45, 7) is 3.49. The number of methoxy groups -OCH3 is 1. The van der Waals surface area contributed by atoms with E-state index in [1.54, 1.807) is 19.4 Å². The number of aliphatic imine (C=N–C) groups is 1. The van der Waals surface area contributed by atoms with E-state index >= 15 is 0 Å². The highest BCUT2D eigenvalue weighted by Crippen LogP contribution is 2.37. The molecule has 1 saturated heterocycles. The zero-order valence-corrected chi connectivity index (χ0v) is 14.2. The van der Waals surface area contributed by atoms with E-state index < -0.39 is 6.36 Å². The summed E-state index contributed by atoms with van der Waals surface area (Å²) < 4.78 is 46.7. The molecule has 0 N–H and O–H groups in total. The van der Waals surface area contributed by atoms with Crippen molar-refractivity contribution in [2.24, 2.45) is 4.99 Å². The molecule has 4 rings (SSSR count). The fourth-order valence-electron chi connectivity index (χ4n) is 3.14. The quantitative estimate of drug-likeness (QED) is 0.709. The molecule has 0 saturated carbocycles. The second-order valence-corrected chi connectivity index (χ2v) is 6.60. The highest BCUT2D eigenvalue weighted by atomic mass is 19.4. The first-order chi connectivity index (χ1) is 12.3. The molecule has 0 aliphatic carbocycles. The minimum absolute atomic E-state index is 0.178. The number of ether oxygens (including phenoxy) is 2. The average Bonchev–Trinajstić information content (AvgIpc) is 2.53. The molecule has 0 spiro atoms.